The van der Waals surface area contributed by atoms with E-state index in [1.165, 1.54) is 0 Å². The third-order valence-corrected chi connectivity index (χ3v) is 2.68. The van der Waals surface area contributed by atoms with E-state index in [4.69, 9.17) is 9.47 Å². The number of amides is 1. The molecule has 0 saturated carbocycles. The van der Waals surface area contributed by atoms with E-state index >= 15 is 0 Å². The van der Waals surface area contributed by atoms with Crippen molar-refractivity contribution < 1.29 is 14.3 Å². The van der Waals surface area contributed by atoms with Crippen LogP contribution in [0.5, 0.6) is 5.75 Å². The summed E-state index contributed by atoms with van der Waals surface area (Å²) in [5.41, 5.74) is 0.793. The van der Waals surface area contributed by atoms with E-state index in [1.807, 2.05) is 38.1 Å². The van der Waals surface area contributed by atoms with E-state index in [-0.39, 0.29) is 6.10 Å². The fourth-order valence-electron chi connectivity index (χ4n) is 1.80. The van der Waals surface area contributed by atoms with E-state index in [2.05, 4.69) is 20.8 Å². The summed E-state index contributed by atoms with van der Waals surface area (Å²) in [6.45, 7) is 5.96. The first-order valence-electron chi connectivity index (χ1n) is 7.38. The number of nitrogens with one attached hydrogen (secondary N) is 2. The summed E-state index contributed by atoms with van der Waals surface area (Å²) < 4.78 is 10.5. The van der Waals surface area contributed by atoms with Crippen LogP contribution < -0.4 is 15.4 Å². The van der Waals surface area contributed by atoms with Crippen LogP contribution in [0.25, 0.3) is 0 Å². The molecule has 0 aliphatic carbocycles. The molecule has 0 fully saturated rings. The first-order valence-corrected chi connectivity index (χ1v) is 7.38. The van der Waals surface area contributed by atoms with Gasteiger partial charge < -0.3 is 14.8 Å². The summed E-state index contributed by atoms with van der Waals surface area (Å²) >= 11 is 0. The molecule has 1 aromatic heterocycles. The van der Waals surface area contributed by atoms with Crippen molar-refractivity contribution in [3.05, 3.63) is 36.4 Å². The second kappa shape index (κ2) is 7.98. The van der Waals surface area contributed by atoms with Crippen molar-refractivity contribution >= 4 is 23.4 Å². The summed E-state index contributed by atoms with van der Waals surface area (Å²) in [5.74, 6) is 1.60. The van der Waals surface area contributed by atoms with Crippen LogP contribution in [0.15, 0.2) is 36.4 Å². The molecular weight excluding hydrogens is 296 g/mol. The fourth-order valence-corrected chi connectivity index (χ4v) is 1.80. The lowest BCUT2D eigenvalue weighted by Crippen LogP contribution is -2.14. The maximum atomic E-state index is 11.3. The zero-order chi connectivity index (χ0) is 16.7. The summed E-state index contributed by atoms with van der Waals surface area (Å²) in [7, 11) is 0. The summed E-state index contributed by atoms with van der Waals surface area (Å²) in [4.78, 5) is 11.3. The first kappa shape index (κ1) is 16.5. The number of benzene rings is 1. The van der Waals surface area contributed by atoms with Crippen LogP contribution >= 0.6 is 0 Å². The van der Waals surface area contributed by atoms with E-state index < -0.39 is 6.09 Å². The Morgan fingerprint density at radius 3 is 2.48 bits per heavy atom. The first-order chi connectivity index (χ1) is 11.1. The van der Waals surface area contributed by atoms with Gasteiger partial charge in [-0.15, -0.1) is 10.2 Å². The largest absolute Gasteiger partial charge is 0.489 e. The molecule has 0 saturated heterocycles. The van der Waals surface area contributed by atoms with Crippen molar-refractivity contribution in [2.24, 2.45) is 0 Å². The number of hydrogen-bond donors (Lipinski definition) is 2. The minimum atomic E-state index is -0.557. The molecule has 0 spiro atoms. The molecule has 0 atom stereocenters. The number of ether oxygens (including phenoxy) is 2. The van der Waals surface area contributed by atoms with E-state index in [0.717, 1.165) is 11.4 Å². The molecule has 7 nitrogen and oxygen atoms in total. The number of carbonyl (C=O) groups is 1. The lowest BCUT2D eigenvalue weighted by Gasteiger charge is -2.14. The van der Waals surface area contributed by atoms with Gasteiger partial charge in [-0.05, 0) is 45.0 Å². The van der Waals surface area contributed by atoms with Crippen LogP contribution in [0, 0.1) is 0 Å². The third kappa shape index (κ3) is 5.14. The second-order valence-electron chi connectivity index (χ2n) is 4.94. The standard InChI is InChI=1S/C16H20N4O3/c1-4-22-16(21)18-15-10-9-14(19-20-15)17-12-7-5-6-8-13(12)23-11(2)3/h5-11H,4H2,1-3H3,(H,17,19)(H,18,20,21). The molecule has 2 N–H and O–H groups in total. The molecule has 1 aromatic carbocycles. The van der Waals surface area contributed by atoms with Crippen LogP contribution in [0.3, 0.4) is 0 Å². The SMILES string of the molecule is CCOC(=O)Nc1ccc(Nc2ccccc2OC(C)C)nn1. The van der Waals surface area contributed by atoms with Gasteiger partial charge in [-0.2, -0.15) is 0 Å². The number of rotatable bonds is 6. The molecule has 2 aromatic rings. The van der Waals surface area contributed by atoms with Gasteiger partial charge in [0.15, 0.2) is 11.6 Å². The summed E-state index contributed by atoms with van der Waals surface area (Å²) in [6.07, 6.45) is -0.488. The third-order valence-electron chi connectivity index (χ3n) is 2.68. The fraction of sp³-hybridized carbons (Fsp3) is 0.312. The molecule has 7 heteroatoms. The molecular formula is C16H20N4O3. The number of para-hydroxylation sites is 2. The Labute approximate surface area is 135 Å². The molecule has 0 aliphatic rings. The van der Waals surface area contributed by atoms with Crippen LogP contribution in [0.2, 0.25) is 0 Å². The molecule has 1 heterocycles. The van der Waals surface area contributed by atoms with Crippen molar-refractivity contribution in [3.63, 3.8) is 0 Å². The molecule has 122 valence electrons. The van der Waals surface area contributed by atoms with Crippen LogP contribution in [0.1, 0.15) is 20.8 Å². The van der Waals surface area contributed by atoms with Gasteiger partial charge in [-0.3, -0.25) is 5.32 Å². The molecule has 23 heavy (non-hydrogen) atoms. The normalized spacial score (nSPS) is 10.3. The van der Waals surface area contributed by atoms with Crippen molar-refractivity contribution in [3.8, 4) is 5.75 Å². The van der Waals surface area contributed by atoms with Crippen molar-refractivity contribution in [1.82, 2.24) is 10.2 Å². The van der Waals surface area contributed by atoms with Crippen LogP contribution in [-0.4, -0.2) is 29.0 Å². The van der Waals surface area contributed by atoms with Crippen molar-refractivity contribution in [2.75, 3.05) is 17.2 Å². The minimum absolute atomic E-state index is 0.0696. The van der Waals surface area contributed by atoms with E-state index in [0.29, 0.717) is 18.2 Å². The van der Waals surface area contributed by atoms with Gasteiger partial charge in [0.1, 0.15) is 5.75 Å². The van der Waals surface area contributed by atoms with Gasteiger partial charge in [0.25, 0.3) is 0 Å². The lowest BCUT2D eigenvalue weighted by atomic mass is 10.3. The molecule has 2 rings (SSSR count). The molecule has 0 unspecified atom stereocenters. The Morgan fingerprint density at radius 1 is 1.13 bits per heavy atom. The molecule has 0 bridgehead atoms. The van der Waals surface area contributed by atoms with Gasteiger partial charge in [0, 0.05) is 0 Å². The van der Waals surface area contributed by atoms with Gasteiger partial charge in [-0.25, -0.2) is 4.79 Å². The Hall–Kier alpha value is -2.83. The van der Waals surface area contributed by atoms with Crippen molar-refractivity contribution in [2.45, 2.75) is 26.9 Å². The highest BCUT2D eigenvalue weighted by Crippen LogP contribution is 2.27. The lowest BCUT2D eigenvalue weighted by molar-refractivity contribution is 0.168. The number of carbonyl (C=O) groups excluding carboxylic acids is 1. The van der Waals surface area contributed by atoms with Gasteiger partial charge in [0.05, 0.1) is 18.4 Å². The number of nitrogens with zero attached hydrogens (tertiary/aromatic N) is 2. The van der Waals surface area contributed by atoms with E-state index in [9.17, 15) is 4.79 Å². The highest BCUT2D eigenvalue weighted by atomic mass is 16.5. The minimum Gasteiger partial charge on any atom is -0.489 e. The highest BCUT2D eigenvalue weighted by Gasteiger charge is 2.07. The van der Waals surface area contributed by atoms with Crippen molar-refractivity contribution in [1.29, 1.82) is 0 Å². The van der Waals surface area contributed by atoms with Gasteiger partial charge >= 0.3 is 6.09 Å². The maximum Gasteiger partial charge on any atom is 0.412 e. The molecule has 0 radical (unpaired) electrons. The number of anilines is 3. The number of hydrogen-bond acceptors (Lipinski definition) is 6. The average molecular weight is 316 g/mol. The predicted octanol–water partition coefficient (Wildman–Crippen LogP) is 3.58. The Bertz CT molecular complexity index is 644. The smallest absolute Gasteiger partial charge is 0.412 e. The quantitative estimate of drug-likeness (QED) is 0.847. The summed E-state index contributed by atoms with van der Waals surface area (Å²) in [5, 5.41) is 13.6. The van der Waals surface area contributed by atoms with Crippen LogP contribution in [-0.2, 0) is 4.74 Å². The Morgan fingerprint density at radius 2 is 1.83 bits per heavy atom. The Balaban J connectivity index is 2.05. The Kier molecular flexibility index (Phi) is 5.74. The van der Waals surface area contributed by atoms with Gasteiger partial charge in [0.2, 0.25) is 0 Å². The van der Waals surface area contributed by atoms with Crippen LogP contribution in [0.4, 0.5) is 22.1 Å². The topological polar surface area (TPSA) is 85.4 Å². The zero-order valence-electron chi connectivity index (χ0n) is 13.4. The molecule has 0 aliphatic heterocycles. The second-order valence-corrected chi connectivity index (χ2v) is 4.94. The number of aromatic nitrogens is 2. The monoisotopic (exact) mass is 316 g/mol. The average Bonchev–Trinajstić information content (AvgIpc) is 2.51. The highest BCUT2D eigenvalue weighted by molar-refractivity contribution is 5.83. The maximum absolute atomic E-state index is 11.3. The van der Waals surface area contributed by atoms with Gasteiger partial charge in [-0.1, -0.05) is 12.1 Å². The zero-order valence-corrected chi connectivity index (χ0v) is 13.4. The molecule has 1 amide bonds. The summed E-state index contributed by atoms with van der Waals surface area (Å²) in [6, 6.07) is 10.9. The van der Waals surface area contributed by atoms with E-state index in [1.54, 1.807) is 19.1 Å². The predicted molar refractivity (Wildman–Crippen MR) is 88.2 cm³/mol.